The van der Waals surface area contributed by atoms with Crippen molar-refractivity contribution in [3.05, 3.63) is 40.1 Å². The molecule has 1 aliphatic rings. The third kappa shape index (κ3) is 6.69. The Morgan fingerprint density at radius 3 is 2.29 bits per heavy atom. The van der Waals surface area contributed by atoms with Crippen LogP contribution < -0.4 is 10.6 Å². The smallest absolute Gasteiger partial charge is 0.271 e. The number of carbonyl (C=O) groups is 1. The fourth-order valence-corrected chi connectivity index (χ4v) is 3.21. The van der Waals surface area contributed by atoms with E-state index in [9.17, 15) is 4.79 Å². The molecule has 2 aromatic rings. The first-order valence-corrected chi connectivity index (χ1v) is 10.5. The standard InChI is InChI=1S/C16H19Cl2N5O.2C2H6/c1-23-7-5-10(6-8-23)20-16(24)15-13(9-19-22-15)21-14-11(17)3-2-4-12(14)18;2*1-2/h2-4,9-10,21H,5-8H2,1H3,(H,19,22)(H,20,24);2*1-2H3. The van der Waals surface area contributed by atoms with Gasteiger partial charge in [0.1, 0.15) is 5.69 Å². The first-order valence-electron chi connectivity index (χ1n) is 9.78. The molecule has 0 bridgehead atoms. The highest BCUT2D eigenvalue weighted by Crippen LogP contribution is 2.33. The number of amides is 1. The molecule has 6 nitrogen and oxygen atoms in total. The van der Waals surface area contributed by atoms with Gasteiger partial charge in [0.15, 0.2) is 0 Å². The summed E-state index contributed by atoms with van der Waals surface area (Å²) in [4.78, 5) is 14.8. The van der Waals surface area contributed by atoms with Gasteiger partial charge in [-0.1, -0.05) is 57.0 Å². The molecule has 0 atom stereocenters. The second kappa shape index (κ2) is 12.6. The molecule has 3 rings (SSSR count). The number of carbonyl (C=O) groups excluding carboxylic acids is 1. The average molecular weight is 428 g/mol. The van der Waals surface area contributed by atoms with Crippen LogP contribution in [0, 0.1) is 0 Å². The van der Waals surface area contributed by atoms with Crippen LogP contribution in [0.3, 0.4) is 0 Å². The second-order valence-electron chi connectivity index (χ2n) is 5.93. The summed E-state index contributed by atoms with van der Waals surface area (Å²) in [5, 5.41) is 13.8. The van der Waals surface area contributed by atoms with E-state index in [4.69, 9.17) is 23.2 Å². The van der Waals surface area contributed by atoms with E-state index in [0.717, 1.165) is 25.9 Å². The molecule has 1 saturated heterocycles. The number of aromatic nitrogens is 2. The number of rotatable bonds is 4. The maximum absolute atomic E-state index is 12.5. The van der Waals surface area contributed by atoms with E-state index < -0.39 is 0 Å². The van der Waals surface area contributed by atoms with Crippen LogP contribution >= 0.6 is 23.2 Å². The lowest BCUT2D eigenvalue weighted by Crippen LogP contribution is -2.43. The fraction of sp³-hybridized carbons (Fsp3) is 0.500. The van der Waals surface area contributed by atoms with Crippen molar-refractivity contribution in [2.24, 2.45) is 0 Å². The lowest BCUT2D eigenvalue weighted by molar-refractivity contribution is 0.0912. The van der Waals surface area contributed by atoms with Crippen LogP contribution in [-0.4, -0.2) is 47.2 Å². The van der Waals surface area contributed by atoms with E-state index in [2.05, 4.69) is 32.8 Å². The number of halogens is 2. The summed E-state index contributed by atoms with van der Waals surface area (Å²) >= 11 is 12.3. The number of benzene rings is 1. The van der Waals surface area contributed by atoms with Gasteiger partial charge >= 0.3 is 0 Å². The molecule has 1 aromatic heterocycles. The van der Waals surface area contributed by atoms with Gasteiger partial charge in [0.05, 0.1) is 27.6 Å². The van der Waals surface area contributed by atoms with Gasteiger partial charge in [0.25, 0.3) is 5.91 Å². The van der Waals surface area contributed by atoms with Crippen molar-refractivity contribution >= 4 is 40.5 Å². The highest BCUT2D eigenvalue weighted by Gasteiger charge is 2.22. The Hall–Kier alpha value is -1.76. The molecule has 0 saturated carbocycles. The number of piperidine rings is 1. The number of hydrogen-bond acceptors (Lipinski definition) is 4. The predicted molar refractivity (Wildman–Crippen MR) is 119 cm³/mol. The van der Waals surface area contributed by atoms with Crippen LogP contribution in [0.1, 0.15) is 51.0 Å². The molecule has 0 unspecified atom stereocenters. The molecule has 8 heteroatoms. The molecule has 156 valence electrons. The molecule has 1 aliphatic heterocycles. The molecule has 1 aromatic carbocycles. The van der Waals surface area contributed by atoms with E-state index >= 15 is 0 Å². The summed E-state index contributed by atoms with van der Waals surface area (Å²) in [6.07, 6.45) is 3.42. The number of nitrogens with one attached hydrogen (secondary N) is 3. The number of aromatic amines is 1. The van der Waals surface area contributed by atoms with Crippen LogP contribution in [0.4, 0.5) is 11.4 Å². The summed E-state index contributed by atoms with van der Waals surface area (Å²) in [5.74, 6) is -0.187. The lowest BCUT2D eigenvalue weighted by Gasteiger charge is -2.29. The lowest BCUT2D eigenvalue weighted by atomic mass is 10.1. The van der Waals surface area contributed by atoms with E-state index in [1.165, 1.54) is 0 Å². The van der Waals surface area contributed by atoms with Crippen LogP contribution in [0.2, 0.25) is 10.0 Å². The number of H-pyrrole nitrogens is 1. The Morgan fingerprint density at radius 2 is 1.71 bits per heavy atom. The fourth-order valence-electron chi connectivity index (χ4n) is 2.72. The van der Waals surface area contributed by atoms with E-state index in [1.807, 2.05) is 27.7 Å². The SMILES string of the molecule is CC.CC.CN1CCC(NC(=O)c2[nH]ncc2Nc2c(Cl)cccc2Cl)CC1. The number of nitrogens with zero attached hydrogens (tertiary/aromatic N) is 2. The highest BCUT2D eigenvalue weighted by molar-refractivity contribution is 6.39. The molecule has 2 heterocycles. The first kappa shape index (κ1) is 24.3. The van der Waals surface area contributed by atoms with Gasteiger partial charge in [-0.3, -0.25) is 9.89 Å². The van der Waals surface area contributed by atoms with Crippen LogP contribution in [0.25, 0.3) is 0 Å². The van der Waals surface area contributed by atoms with Crippen molar-refractivity contribution in [3.63, 3.8) is 0 Å². The van der Waals surface area contributed by atoms with E-state index in [0.29, 0.717) is 27.1 Å². The van der Waals surface area contributed by atoms with Crippen molar-refractivity contribution in [1.82, 2.24) is 20.4 Å². The minimum atomic E-state index is -0.187. The number of hydrogen-bond donors (Lipinski definition) is 3. The van der Waals surface area contributed by atoms with Crippen molar-refractivity contribution in [3.8, 4) is 0 Å². The normalized spacial score (nSPS) is 14.2. The maximum atomic E-state index is 12.5. The average Bonchev–Trinajstić information content (AvgIpc) is 3.18. The predicted octanol–water partition coefficient (Wildman–Crippen LogP) is 5.34. The van der Waals surface area contributed by atoms with E-state index in [1.54, 1.807) is 24.4 Å². The topological polar surface area (TPSA) is 73.0 Å². The third-order valence-corrected chi connectivity index (χ3v) is 4.77. The summed E-state index contributed by atoms with van der Waals surface area (Å²) in [6, 6.07) is 5.40. The van der Waals surface area contributed by atoms with E-state index in [-0.39, 0.29) is 11.9 Å². The zero-order chi connectivity index (χ0) is 21.1. The molecule has 1 amide bonds. The Kier molecular flexibility index (Phi) is 11.0. The number of likely N-dealkylation sites (tertiary alicyclic amines) is 1. The largest absolute Gasteiger partial charge is 0.350 e. The van der Waals surface area contributed by atoms with Crippen molar-refractivity contribution in [2.45, 2.75) is 46.6 Å². The molecule has 1 fully saturated rings. The molecule has 0 spiro atoms. The highest BCUT2D eigenvalue weighted by atomic mass is 35.5. The Balaban J connectivity index is 0.000000921. The summed E-state index contributed by atoms with van der Waals surface area (Å²) in [7, 11) is 2.09. The molecule has 3 N–H and O–H groups in total. The van der Waals surface area contributed by atoms with Gasteiger partial charge in [-0.15, -0.1) is 0 Å². The van der Waals surface area contributed by atoms with Crippen LogP contribution in [-0.2, 0) is 0 Å². The summed E-state index contributed by atoms with van der Waals surface area (Å²) in [5.41, 5.74) is 1.45. The zero-order valence-corrected chi connectivity index (χ0v) is 18.8. The summed E-state index contributed by atoms with van der Waals surface area (Å²) in [6.45, 7) is 9.96. The molecule has 0 aliphatic carbocycles. The molecule has 0 radical (unpaired) electrons. The quantitative estimate of drug-likeness (QED) is 0.615. The first-order chi connectivity index (χ1) is 13.5. The molecular formula is C20H31Cl2N5O. The zero-order valence-electron chi connectivity index (χ0n) is 17.3. The molecular weight excluding hydrogens is 397 g/mol. The van der Waals surface area contributed by atoms with Gasteiger partial charge in [-0.05, 0) is 45.1 Å². The Labute approximate surface area is 178 Å². The Bertz CT molecular complexity index is 707. The molecule has 28 heavy (non-hydrogen) atoms. The minimum absolute atomic E-state index is 0.175. The monoisotopic (exact) mass is 427 g/mol. The number of para-hydroxylation sites is 1. The van der Waals surface area contributed by atoms with Gasteiger partial charge in [-0.2, -0.15) is 5.10 Å². The minimum Gasteiger partial charge on any atom is -0.350 e. The number of anilines is 2. The van der Waals surface area contributed by atoms with Crippen molar-refractivity contribution < 1.29 is 4.79 Å². The van der Waals surface area contributed by atoms with Crippen molar-refractivity contribution in [1.29, 1.82) is 0 Å². The van der Waals surface area contributed by atoms with Gasteiger partial charge < -0.3 is 15.5 Å². The van der Waals surface area contributed by atoms with Crippen LogP contribution in [0.5, 0.6) is 0 Å². The van der Waals surface area contributed by atoms with Gasteiger partial charge in [-0.25, -0.2) is 0 Å². The van der Waals surface area contributed by atoms with Crippen LogP contribution in [0.15, 0.2) is 24.4 Å². The maximum Gasteiger partial charge on any atom is 0.271 e. The third-order valence-electron chi connectivity index (χ3n) is 4.14. The van der Waals surface area contributed by atoms with Crippen molar-refractivity contribution in [2.75, 3.05) is 25.5 Å². The Morgan fingerprint density at radius 1 is 1.14 bits per heavy atom. The second-order valence-corrected chi connectivity index (χ2v) is 6.75. The van der Waals surface area contributed by atoms with Gasteiger partial charge in [0.2, 0.25) is 0 Å². The summed E-state index contributed by atoms with van der Waals surface area (Å²) < 4.78 is 0. The van der Waals surface area contributed by atoms with Gasteiger partial charge in [0, 0.05) is 6.04 Å².